The molecule has 0 saturated carbocycles. The van der Waals surface area contributed by atoms with Crippen molar-refractivity contribution in [2.45, 2.75) is 32.7 Å². The first-order valence-corrected chi connectivity index (χ1v) is 8.64. The predicted molar refractivity (Wildman–Crippen MR) is 94.4 cm³/mol. The Labute approximate surface area is 146 Å². The minimum Gasteiger partial charge on any atom is -0.356 e. The van der Waals surface area contributed by atoms with Gasteiger partial charge in [0.15, 0.2) is 0 Å². The standard InChI is InChI=1S/C16H24N8O/c1-13-9-14(23-7-3-2-4-8-23)22-16(21-13)19-6-5-18-15(25)10-24-12-17-11-20-24/h9,11-12H,2-8,10H2,1H3,(H,18,25)(H,19,21,22). The molecule has 1 amide bonds. The highest BCUT2D eigenvalue weighted by Crippen LogP contribution is 2.19. The maximum absolute atomic E-state index is 11.8. The van der Waals surface area contributed by atoms with Gasteiger partial charge >= 0.3 is 0 Å². The van der Waals surface area contributed by atoms with Crippen molar-refractivity contribution in [3.05, 3.63) is 24.4 Å². The molecule has 2 N–H and O–H groups in total. The van der Waals surface area contributed by atoms with Crippen LogP contribution in [0.3, 0.4) is 0 Å². The summed E-state index contributed by atoms with van der Waals surface area (Å²) in [6, 6.07) is 2.02. The summed E-state index contributed by atoms with van der Waals surface area (Å²) in [5, 5.41) is 9.91. The highest BCUT2D eigenvalue weighted by molar-refractivity contribution is 5.75. The lowest BCUT2D eigenvalue weighted by molar-refractivity contribution is -0.121. The summed E-state index contributed by atoms with van der Waals surface area (Å²) >= 11 is 0. The number of aromatic nitrogens is 5. The third-order valence-corrected chi connectivity index (χ3v) is 4.02. The van der Waals surface area contributed by atoms with Crippen LogP contribution >= 0.6 is 0 Å². The molecule has 3 heterocycles. The predicted octanol–water partition coefficient (Wildman–Crippen LogP) is 0.595. The highest BCUT2D eigenvalue weighted by atomic mass is 16.2. The number of amides is 1. The minimum atomic E-state index is -0.105. The Kier molecular flexibility index (Phi) is 5.76. The SMILES string of the molecule is Cc1cc(N2CCCCC2)nc(NCCNC(=O)Cn2cncn2)n1. The second-order valence-electron chi connectivity index (χ2n) is 6.11. The Hall–Kier alpha value is -2.71. The molecule has 0 aliphatic carbocycles. The summed E-state index contributed by atoms with van der Waals surface area (Å²) in [5.41, 5.74) is 0.938. The minimum absolute atomic E-state index is 0.105. The first-order valence-electron chi connectivity index (χ1n) is 8.64. The van der Waals surface area contributed by atoms with Crippen LogP contribution in [0.15, 0.2) is 18.7 Å². The topological polar surface area (TPSA) is 101 Å². The lowest BCUT2D eigenvalue weighted by Gasteiger charge is -2.28. The fourth-order valence-electron chi connectivity index (χ4n) is 2.81. The van der Waals surface area contributed by atoms with Crippen LogP contribution in [0.25, 0.3) is 0 Å². The molecule has 25 heavy (non-hydrogen) atoms. The van der Waals surface area contributed by atoms with E-state index in [9.17, 15) is 4.79 Å². The maximum Gasteiger partial charge on any atom is 0.241 e. The van der Waals surface area contributed by atoms with Gasteiger partial charge in [0.2, 0.25) is 11.9 Å². The Morgan fingerprint density at radius 3 is 2.80 bits per heavy atom. The molecule has 2 aromatic rings. The molecule has 0 aromatic carbocycles. The zero-order valence-electron chi connectivity index (χ0n) is 14.5. The summed E-state index contributed by atoms with van der Waals surface area (Å²) in [7, 11) is 0. The molecule has 1 aliphatic heterocycles. The van der Waals surface area contributed by atoms with E-state index in [-0.39, 0.29) is 12.5 Å². The van der Waals surface area contributed by atoms with Gasteiger partial charge in [0.25, 0.3) is 0 Å². The van der Waals surface area contributed by atoms with Crippen LogP contribution in [0, 0.1) is 6.92 Å². The number of hydrogen-bond acceptors (Lipinski definition) is 7. The van der Waals surface area contributed by atoms with Crippen molar-refractivity contribution < 1.29 is 4.79 Å². The second kappa shape index (κ2) is 8.41. The molecule has 0 atom stereocenters. The highest BCUT2D eigenvalue weighted by Gasteiger charge is 2.13. The van der Waals surface area contributed by atoms with E-state index in [1.54, 1.807) is 0 Å². The number of rotatable bonds is 7. The number of aryl methyl sites for hydroxylation is 1. The van der Waals surface area contributed by atoms with Gasteiger partial charge in [0.05, 0.1) is 0 Å². The van der Waals surface area contributed by atoms with Gasteiger partial charge < -0.3 is 15.5 Å². The Morgan fingerprint density at radius 1 is 1.20 bits per heavy atom. The van der Waals surface area contributed by atoms with Crippen molar-refractivity contribution in [1.82, 2.24) is 30.0 Å². The molecule has 0 spiro atoms. The smallest absolute Gasteiger partial charge is 0.241 e. The Morgan fingerprint density at radius 2 is 2.04 bits per heavy atom. The maximum atomic E-state index is 11.8. The van der Waals surface area contributed by atoms with Gasteiger partial charge in [-0.3, -0.25) is 4.79 Å². The normalized spacial score (nSPS) is 14.4. The van der Waals surface area contributed by atoms with Gasteiger partial charge in [0, 0.05) is 37.9 Å². The fourth-order valence-corrected chi connectivity index (χ4v) is 2.81. The van der Waals surface area contributed by atoms with Gasteiger partial charge in [-0.05, 0) is 26.2 Å². The van der Waals surface area contributed by atoms with Crippen LogP contribution in [-0.2, 0) is 11.3 Å². The number of piperidine rings is 1. The first kappa shape index (κ1) is 17.1. The Balaban J connectivity index is 1.46. The van der Waals surface area contributed by atoms with Crippen LogP contribution in [0.5, 0.6) is 0 Å². The molecule has 2 aromatic heterocycles. The molecule has 0 radical (unpaired) electrons. The van der Waals surface area contributed by atoms with Crippen molar-refractivity contribution in [2.24, 2.45) is 0 Å². The first-order chi connectivity index (χ1) is 12.2. The number of nitrogens with one attached hydrogen (secondary N) is 2. The molecule has 0 bridgehead atoms. The molecule has 0 unspecified atom stereocenters. The van der Waals surface area contributed by atoms with Gasteiger partial charge in [0.1, 0.15) is 25.0 Å². The van der Waals surface area contributed by atoms with E-state index in [1.165, 1.54) is 36.6 Å². The molecule has 134 valence electrons. The van der Waals surface area contributed by atoms with Crippen molar-refractivity contribution in [3.8, 4) is 0 Å². The lowest BCUT2D eigenvalue weighted by atomic mass is 10.1. The Bertz CT molecular complexity index is 681. The second-order valence-corrected chi connectivity index (χ2v) is 6.11. The van der Waals surface area contributed by atoms with Gasteiger partial charge in [-0.25, -0.2) is 14.6 Å². The van der Waals surface area contributed by atoms with Crippen LogP contribution in [0.4, 0.5) is 11.8 Å². The average molecular weight is 344 g/mol. The van der Waals surface area contributed by atoms with Crippen molar-refractivity contribution >= 4 is 17.7 Å². The van der Waals surface area contributed by atoms with Gasteiger partial charge in [-0.2, -0.15) is 10.1 Å². The van der Waals surface area contributed by atoms with E-state index in [2.05, 4.69) is 35.6 Å². The van der Waals surface area contributed by atoms with E-state index >= 15 is 0 Å². The summed E-state index contributed by atoms with van der Waals surface area (Å²) in [6.07, 6.45) is 6.64. The van der Waals surface area contributed by atoms with Crippen LogP contribution in [0.1, 0.15) is 25.0 Å². The van der Waals surface area contributed by atoms with E-state index in [1.807, 2.05) is 13.0 Å². The van der Waals surface area contributed by atoms with E-state index < -0.39 is 0 Å². The molecular weight excluding hydrogens is 320 g/mol. The molecule has 1 aliphatic rings. The van der Waals surface area contributed by atoms with E-state index in [0.29, 0.717) is 19.0 Å². The van der Waals surface area contributed by atoms with Crippen molar-refractivity contribution in [1.29, 1.82) is 0 Å². The number of anilines is 2. The molecule has 1 fully saturated rings. The molecule has 9 nitrogen and oxygen atoms in total. The monoisotopic (exact) mass is 344 g/mol. The van der Waals surface area contributed by atoms with Crippen molar-refractivity contribution in [3.63, 3.8) is 0 Å². The largest absolute Gasteiger partial charge is 0.356 e. The molecule has 1 saturated heterocycles. The van der Waals surface area contributed by atoms with Crippen LogP contribution < -0.4 is 15.5 Å². The number of nitrogens with zero attached hydrogens (tertiary/aromatic N) is 6. The van der Waals surface area contributed by atoms with Crippen LogP contribution in [0.2, 0.25) is 0 Å². The zero-order valence-corrected chi connectivity index (χ0v) is 14.5. The summed E-state index contributed by atoms with van der Waals surface area (Å²) < 4.78 is 1.48. The van der Waals surface area contributed by atoms with Crippen LogP contribution in [-0.4, -0.2) is 56.8 Å². The van der Waals surface area contributed by atoms with E-state index in [4.69, 9.17) is 0 Å². The molecular formula is C16H24N8O. The molecule has 9 heteroatoms. The number of carbonyl (C=O) groups is 1. The average Bonchev–Trinajstić information content (AvgIpc) is 3.12. The van der Waals surface area contributed by atoms with Gasteiger partial charge in [-0.15, -0.1) is 0 Å². The zero-order chi connectivity index (χ0) is 17.5. The van der Waals surface area contributed by atoms with E-state index in [0.717, 1.165) is 24.6 Å². The quantitative estimate of drug-likeness (QED) is 0.709. The summed E-state index contributed by atoms with van der Waals surface area (Å²) in [4.78, 5) is 26.9. The lowest BCUT2D eigenvalue weighted by Crippen LogP contribution is -2.32. The third kappa shape index (κ3) is 5.13. The summed E-state index contributed by atoms with van der Waals surface area (Å²) in [5.74, 6) is 1.47. The fraction of sp³-hybridized carbons (Fsp3) is 0.562. The summed E-state index contributed by atoms with van der Waals surface area (Å²) in [6.45, 7) is 5.29. The number of carbonyl (C=O) groups excluding carboxylic acids is 1. The third-order valence-electron chi connectivity index (χ3n) is 4.02. The van der Waals surface area contributed by atoms with Crippen molar-refractivity contribution in [2.75, 3.05) is 36.4 Å². The molecule has 3 rings (SSSR count). The van der Waals surface area contributed by atoms with Gasteiger partial charge in [-0.1, -0.05) is 0 Å². The number of hydrogen-bond donors (Lipinski definition) is 2.